The lowest BCUT2D eigenvalue weighted by Crippen LogP contribution is -2.26. The predicted octanol–water partition coefficient (Wildman–Crippen LogP) is 4.60. The normalized spacial score (nSPS) is 13.8. The van der Waals surface area contributed by atoms with Gasteiger partial charge in [-0.25, -0.2) is 0 Å². The predicted molar refractivity (Wildman–Crippen MR) is 63.6 cm³/mol. The van der Waals surface area contributed by atoms with Gasteiger partial charge in [0.2, 0.25) is 0 Å². The third kappa shape index (κ3) is 4.74. The smallest absolute Gasteiger partial charge is 0.310 e. The first-order valence-electron chi connectivity index (χ1n) is 5.08. The highest BCUT2D eigenvalue weighted by Crippen LogP contribution is 2.32. The van der Waals surface area contributed by atoms with Crippen LogP contribution < -0.4 is 5.32 Å². The van der Waals surface area contributed by atoms with Crippen molar-refractivity contribution >= 4 is 23.2 Å². The summed E-state index contributed by atoms with van der Waals surface area (Å²) >= 11 is 11.5. The number of alkyl halides is 3. The second kappa shape index (κ2) is 5.94. The van der Waals surface area contributed by atoms with Crippen LogP contribution in [0.2, 0.25) is 10.0 Å². The Kier molecular flexibility index (Phi) is 5.10. The van der Waals surface area contributed by atoms with E-state index in [0.29, 0.717) is 17.1 Å². The second-order valence-electron chi connectivity index (χ2n) is 3.60. The van der Waals surface area contributed by atoms with Gasteiger partial charge in [0.15, 0.2) is 0 Å². The van der Waals surface area contributed by atoms with Crippen LogP contribution in [0.1, 0.15) is 24.9 Å². The van der Waals surface area contributed by atoms with Crippen molar-refractivity contribution in [1.29, 1.82) is 0 Å². The van der Waals surface area contributed by atoms with Crippen LogP contribution in [0.5, 0.6) is 0 Å². The van der Waals surface area contributed by atoms with Crippen LogP contribution in [-0.2, 0) is 0 Å². The molecule has 1 aromatic rings. The average molecular weight is 286 g/mol. The molecule has 0 saturated heterocycles. The number of hydrogen-bond donors (Lipinski definition) is 1. The second-order valence-corrected chi connectivity index (χ2v) is 4.42. The van der Waals surface area contributed by atoms with Crippen LogP contribution >= 0.6 is 23.2 Å². The van der Waals surface area contributed by atoms with Crippen molar-refractivity contribution in [3.63, 3.8) is 0 Å². The average Bonchev–Trinajstić information content (AvgIpc) is 2.19. The van der Waals surface area contributed by atoms with E-state index in [2.05, 4.69) is 5.32 Å². The third-order valence-electron chi connectivity index (χ3n) is 2.23. The lowest BCUT2D eigenvalue weighted by molar-refractivity contribution is -0.140. The lowest BCUT2D eigenvalue weighted by atomic mass is 10.0. The Morgan fingerprint density at radius 3 is 2.35 bits per heavy atom. The number of rotatable bonds is 4. The van der Waals surface area contributed by atoms with Gasteiger partial charge in [-0.2, -0.15) is 13.2 Å². The molecule has 1 unspecified atom stereocenters. The molecule has 6 heteroatoms. The number of benzene rings is 1. The van der Waals surface area contributed by atoms with Gasteiger partial charge in [0.05, 0.1) is 16.5 Å². The van der Waals surface area contributed by atoms with Crippen LogP contribution in [0, 0.1) is 0 Å². The molecule has 1 N–H and O–H groups in total. The molecule has 0 heterocycles. The maximum absolute atomic E-state index is 12.4. The van der Waals surface area contributed by atoms with Crippen LogP contribution in [0.15, 0.2) is 18.2 Å². The zero-order chi connectivity index (χ0) is 13.1. The van der Waals surface area contributed by atoms with Gasteiger partial charge in [-0.15, -0.1) is 0 Å². The van der Waals surface area contributed by atoms with Crippen LogP contribution in [0.25, 0.3) is 0 Å². The fraction of sp³-hybridized carbons (Fsp3) is 0.455. The van der Waals surface area contributed by atoms with Gasteiger partial charge >= 0.3 is 6.18 Å². The van der Waals surface area contributed by atoms with Crippen molar-refractivity contribution in [3.05, 3.63) is 33.8 Å². The van der Waals surface area contributed by atoms with Gasteiger partial charge < -0.3 is 5.32 Å². The number of halogens is 5. The Bertz CT molecular complexity index is 379. The zero-order valence-electron chi connectivity index (χ0n) is 9.11. The SMILES string of the molecule is CCNC(CC(F)(F)F)c1ccc(Cl)c(Cl)c1. The van der Waals surface area contributed by atoms with Crippen molar-refractivity contribution in [2.45, 2.75) is 25.6 Å². The van der Waals surface area contributed by atoms with Gasteiger partial charge in [0, 0.05) is 6.04 Å². The van der Waals surface area contributed by atoms with E-state index in [1.165, 1.54) is 12.1 Å². The van der Waals surface area contributed by atoms with Crippen molar-refractivity contribution in [3.8, 4) is 0 Å². The van der Waals surface area contributed by atoms with E-state index in [1.807, 2.05) is 0 Å². The van der Waals surface area contributed by atoms with Crippen molar-refractivity contribution in [2.75, 3.05) is 6.54 Å². The Labute approximate surface area is 108 Å². The summed E-state index contributed by atoms with van der Waals surface area (Å²) in [6.45, 7) is 2.20. The maximum atomic E-state index is 12.4. The standard InChI is InChI=1S/C11H12Cl2F3N/c1-2-17-10(6-11(14,15)16)7-3-4-8(12)9(13)5-7/h3-5,10,17H,2,6H2,1H3. The monoisotopic (exact) mass is 285 g/mol. The molecule has 1 rings (SSSR count). The first-order chi connectivity index (χ1) is 7.83. The molecule has 0 aromatic heterocycles. The molecular weight excluding hydrogens is 274 g/mol. The summed E-state index contributed by atoms with van der Waals surface area (Å²) in [5.41, 5.74) is 0.485. The fourth-order valence-corrected chi connectivity index (χ4v) is 1.82. The van der Waals surface area contributed by atoms with E-state index in [0.717, 1.165) is 0 Å². The molecule has 1 aromatic carbocycles. The van der Waals surface area contributed by atoms with E-state index in [-0.39, 0.29) is 5.02 Å². The van der Waals surface area contributed by atoms with Gasteiger partial charge in [0.25, 0.3) is 0 Å². The van der Waals surface area contributed by atoms with Crippen molar-refractivity contribution < 1.29 is 13.2 Å². The Balaban J connectivity index is 2.93. The van der Waals surface area contributed by atoms with E-state index < -0.39 is 18.6 Å². The summed E-state index contributed by atoms with van der Waals surface area (Å²) < 4.78 is 37.2. The molecule has 0 saturated carbocycles. The van der Waals surface area contributed by atoms with E-state index in [1.54, 1.807) is 13.0 Å². The van der Waals surface area contributed by atoms with Crippen LogP contribution in [0.3, 0.4) is 0 Å². The topological polar surface area (TPSA) is 12.0 Å². The molecule has 1 atom stereocenters. The fourth-order valence-electron chi connectivity index (χ4n) is 1.51. The highest BCUT2D eigenvalue weighted by Gasteiger charge is 2.32. The highest BCUT2D eigenvalue weighted by molar-refractivity contribution is 6.42. The Morgan fingerprint density at radius 1 is 1.24 bits per heavy atom. The molecule has 0 aliphatic carbocycles. The first-order valence-corrected chi connectivity index (χ1v) is 5.84. The Hall–Kier alpha value is -0.450. The molecular formula is C11H12Cl2F3N. The van der Waals surface area contributed by atoms with Crippen LogP contribution in [0.4, 0.5) is 13.2 Å². The quantitative estimate of drug-likeness (QED) is 0.853. The molecule has 0 aliphatic heterocycles. The van der Waals surface area contributed by atoms with E-state index in [4.69, 9.17) is 23.2 Å². The molecule has 0 spiro atoms. The lowest BCUT2D eigenvalue weighted by Gasteiger charge is -2.20. The minimum absolute atomic E-state index is 0.259. The third-order valence-corrected chi connectivity index (χ3v) is 2.97. The van der Waals surface area contributed by atoms with Crippen molar-refractivity contribution in [1.82, 2.24) is 5.32 Å². The number of nitrogens with one attached hydrogen (secondary N) is 1. The molecule has 0 fully saturated rings. The molecule has 0 aliphatic rings. The summed E-state index contributed by atoms with van der Waals surface area (Å²) in [7, 11) is 0. The highest BCUT2D eigenvalue weighted by atomic mass is 35.5. The summed E-state index contributed by atoms with van der Waals surface area (Å²) in [5, 5.41) is 3.37. The summed E-state index contributed by atoms with van der Waals surface area (Å²) in [4.78, 5) is 0. The molecule has 96 valence electrons. The number of hydrogen-bond acceptors (Lipinski definition) is 1. The van der Waals surface area contributed by atoms with E-state index >= 15 is 0 Å². The maximum Gasteiger partial charge on any atom is 0.390 e. The molecule has 0 bridgehead atoms. The van der Waals surface area contributed by atoms with Gasteiger partial charge in [0.1, 0.15) is 0 Å². The minimum Gasteiger partial charge on any atom is -0.310 e. The zero-order valence-corrected chi connectivity index (χ0v) is 10.6. The molecule has 17 heavy (non-hydrogen) atoms. The minimum atomic E-state index is -4.22. The largest absolute Gasteiger partial charge is 0.390 e. The summed E-state index contributed by atoms with van der Waals surface area (Å²) in [5.74, 6) is 0. The van der Waals surface area contributed by atoms with E-state index in [9.17, 15) is 13.2 Å². The Morgan fingerprint density at radius 2 is 1.88 bits per heavy atom. The summed E-state index contributed by atoms with van der Waals surface area (Å²) in [6.07, 6.45) is -5.16. The van der Waals surface area contributed by atoms with Gasteiger partial charge in [-0.1, -0.05) is 36.2 Å². The molecule has 0 radical (unpaired) electrons. The van der Waals surface area contributed by atoms with Crippen LogP contribution in [-0.4, -0.2) is 12.7 Å². The molecule has 1 nitrogen and oxygen atoms in total. The molecule has 0 amide bonds. The van der Waals surface area contributed by atoms with Crippen molar-refractivity contribution in [2.24, 2.45) is 0 Å². The summed E-state index contributed by atoms with van der Waals surface area (Å²) in [6, 6.07) is 3.71. The first kappa shape index (κ1) is 14.6. The van der Waals surface area contributed by atoms with Gasteiger partial charge in [-0.3, -0.25) is 0 Å². The van der Waals surface area contributed by atoms with Gasteiger partial charge in [-0.05, 0) is 24.2 Å².